The molecular formula is C18H21NO5. The fourth-order valence-corrected chi connectivity index (χ4v) is 2.73. The van der Waals surface area contributed by atoms with Gasteiger partial charge >= 0.3 is 6.16 Å². The summed E-state index contributed by atoms with van der Waals surface area (Å²) in [4.78, 5) is 23.3. The Balaban J connectivity index is 2.58. The summed E-state index contributed by atoms with van der Waals surface area (Å²) in [5, 5.41) is 8.79. The van der Waals surface area contributed by atoms with Crippen LogP contribution in [0.2, 0.25) is 0 Å². The molecule has 0 heterocycles. The predicted molar refractivity (Wildman–Crippen MR) is 88.7 cm³/mol. The highest BCUT2D eigenvalue weighted by molar-refractivity contribution is 5.94. The summed E-state index contributed by atoms with van der Waals surface area (Å²) in [6, 6.07) is 6.71. The third kappa shape index (κ3) is 3.49. The summed E-state index contributed by atoms with van der Waals surface area (Å²) in [5.74, 6) is -0.160. The molecule has 1 amide bonds. The molecule has 0 saturated carbocycles. The first-order chi connectivity index (χ1) is 11.5. The zero-order valence-corrected chi connectivity index (χ0v) is 14.0. The number of rotatable bonds is 5. The number of carbonyl (C=O) groups excluding carboxylic acids is 2. The Morgan fingerprint density at radius 3 is 2.38 bits per heavy atom. The predicted octanol–water partition coefficient (Wildman–Crippen LogP) is 3.71. The summed E-state index contributed by atoms with van der Waals surface area (Å²) >= 11 is 0. The number of hydrogen-bond donors (Lipinski definition) is 2. The SMILES string of the molecule is CCCc1c2ccc(C(=O)NO)ccc-2c(OC(=O)OCC)c1C. The lowest BCUT2D eigenvalue weighted by Gasteiger charge is -2.05. The maximum atomic E-state index is 11.7. The van der Waals surface area contributed by atoms with Gasteiger partial charge in [-0.15, -0.1) is 0 Å². The molecule has 0 spiro atoms. The topological polar surface area (TPSA) is 84.9 Å². The van der Waals surface area contributed by atoms with Crippen LogP contribution in [0.5, 0.6) is 5.75 Å². The molecule has 2 rings (SSSR count). The zero-order chi connectivity index (χ0) is 17.7. The van der Waals surface area contributed by atoms with Gasteiger partial charge in [-0.05, 0) is 55.2 Å². The lowest BCUT2D eigenvalue weighted by Crippen LogP contribution is -2.17. The quantitative estimate of drug-likeness (QED) is 0.496. The molecule has 6 nitrogen and oxygen atoms in total. The first-order valence-electron chi connectivity index (χ1n) is 7.87. The first-order valence-corrected chi connectivity index (χ1v) is 7.87. The lowest BCUT2D eigenvalue weighted by atomic mass is 10.0. The van der Waals surface area contributed by atoms with Crippen molar-refractivity contribution in [3.8, 4) is 16.9 Å². The van der Waals surface area contributed by atoms with Gasteiger partial charge in [0.2, 0.25) is 0 Å². The molecule has 0 unspecified atom stereocenters. The number of nitrogens with one attached hydrogen (secondary N) is 1. The Hall–Kier alpha value is -2.60. The molecule has 0 fully saturated rings. The van der Waals surface area contributed by atoms with Gasteiger partial charge in [-0.1, -0.05) is 19.4 Å². The minimum Gasteiger partial charge on any atom is -0.434 e. The number of amides is 1. The Labute approximate surface area is 140 Å². The summed E-state index contributed by atoms with van der Waals surface area (Å²) in [6.07, 6.45) is 0.997. The van der Waals surface area contributed by atoms with Crippen molar-refractivity contribution in [3.63, 3.8) is 0 Å². The van der Waals surface area contributed by atoms with E-state index in [1.807, 2.05) is 6.92 Å². The first kappa shape index (κ1) is 17.7. The molecule has 6 heteroatoms. The van der Waals surface area contributed by atoms with Crippen LogP contribution in [0.15, 0.2) is 24.3 Å². The van der Waals surface area contributed by atoms with Crippen molar-refractivity contribution < 1.29 is 24.3 Å². The fraction of sp³-hybridized carbons (Fsp3) is 0.333. The van der Waals surface area contributed by atoms with Crippen LogP contribution in [0.4, 0.5) is 4.79 Å². The van der Waals surface area contributed by atoms with Crippen molar-refractivity contribution in [2.24, 2.45) is 0 Å². The summed E-state index contributed by atoms with van der Waals surface area (Å²) < 4.78 is 10.2. The second-order valence-corrected chi connectivity index (χ2v) is 5.36. The summed E-state index contributed by atoms with van der Waals surface area (Å²) in [5.41, 5.74) is 5.50. The molecule has 0 atom stereocenters. The fourth-order valence-electron chi connectivity index (χ4n) is 2.73. The number of carbonyl (C=O) groups is 2. The minimum absolute atomic E-state index is 0.229. The number of hydrogen-bond acceptors (Lipinski definition) is 5. The van der Waals surface area contributed by atoms with E-state index < -0.39 is 12.1 Å². The van der Waals surface area contributed by atoms with Gasteiger partial charge in [0.05, 0.1) is 6.61 Å². The molecule has 0 bridgehead atoms. The van der Waals surface area contributed by atoms with E-state index in [1.54, 1.807) is 36.7 Å². The van der Waals surface area contributed by atoms with Crippen LogP contribution in [0.25, 0.3) is 11.1 Å². The smallest absolute Gasteiger partial charge is 0.434 e. The van der Waals surface area contributed by atoms with Crippen LogP contribution in [0.3, 0.4) is 0 Å². The van der Waals surface area contributed by atoms with Crippen molar-refractivity contribution in [1.82, 2.24) is 5.48 Å². The molecular weight excluding hydrogens is 310 g/mol. The molecule has 0 radical (unpaired) electrons. The Morgan fingerprint density at radius 2 is 1.79 bits per heavy atom. The molecule has 2 aliphatic carbocycles. The third-order valence-electron chi connectivity index (χ3n) is 3.82. The Kier molecular flexibility index (Phi) is 5.76. The third-order valence-corrected chi connectivity index (χ3v) is 3.82. The van der Waals surface area contributed by atoms with Crippen molar-refractivity contribution >= 4 is 12.1 Å². The van der Waals surface area contributed by atoms with Gasteiger partial charge in [0.25, 0.3) is 5.91 Å². The second kappa shape index (κ2) is 7.79. The lowest BCUT2D eigenvalue weighted by molar-refractivity contribution is 0.0706. The second-order valence-electron chi connectivity index (χ2n) is 5.36. The number of hydroxylamine groups is 1. The van der Waals surface area contributed by atoms with Gasteiger partial charge in [-0.3, -0.25) is 10.0 Å². The number of ether oxygens (including phenoxy) is 2. The van der Waals surface area contributed by atoms with E-state index in [-0.39, 0.29) is 6.61 Å². The van der Waals surface area contributed by atoms with E-state index >= 15 is 0 Å². The van der Waals surface area contributed by atoms with Gasteiger partial charge in [-0.25, -0.2) is 10.3 Å². The molecule has 0 aromatic heterocycles. The maximum absolute atomic E-state index is 11.7. The van der Waals surface area contributed by atoms with E-state index in [9.17, 15) is 9.59 Å². The molecule has 24 heavy (non-hydrogen) atoms. The summed E-state index contributed by atoms with van der Waals surface area (Å²) in [6.45, 7) is 5.91. The normalized spacial score (nSPS) is 10.5. The average Bonchev–Trinajstić information content (AvgIpc) is 2.72. The average molecular weight is 331 g/mol. The Morgan fingerprint density at radius 1 is 1.12 bits per heavy atom. The molecule has 128 valence electrons. The van der Waals surface area contributed by atoms with E-state index in [0.29, 0.717) is 11.3 Å². The molecule has 0 aliphatic heterocycles. The number of fused-ring (bicyclic) bond motifs is 1. The van der Waals surface area contributed by atoms with E-state index in [1.165, 1.54) is 0 Å². The van der Waals surface area contributed by atoms with Crippen LogP contribution in [0, 0.1) is 6.92 Å². The highest BCUT2D eigenvalue weighted by Crippen LogP contribution is 2.42. The van der Waals surface area contributed by atoms with Gasteiger partial charge in [0, 0.05) is 11.1 Å². The van der Waals surface area contributed by atoms with Crippen molar-refractivity contribution in [2.45, 2.75) is 33.6 Å². The van der Waals surface area contributed by atoms with E-state index in [0.717, 1.165) is 35.1 Å². The van der Waals surface area contributed by atoms with Crippen LogP contribution < -0.4 is 10.2 Å². The molecule has 0 aromatic carbocycles. The van der Waals surface area contributed by atoms with Gasteiger partial charge < -0.3 is 9.47 Å². The minimum atomic E-state index is -0.754. The maximum Gasteiger partial charge on any atom is 0.513 e. The van der Waals surface area contributed by atoms with Gasteiger partial charge in [0.15, 0.2) is 0 Å². The molecule has 0 aromatic rings. The van der Waals surface area contributed by atoms with Crippen LogP contribution in [0.1, 0.15) is 41.8 Å². The molecule has 0 saturated heterocycles. The van der Waals surface area contributed by atoms with Crippen molar-refractivity contribution in [2.75, 3.05) is 6.61 Å². The van der Waals surface area contributed by atoms with E-state index in [4.69, 9.17) is 14.7 Å². The monoisotopic (exact) mass is 331 g/mol. The van der Waals surface area contributed by atoms with Crippen LogP contribution in [-0.4, -0.2) is 23.9 Å². The Bertz CT molecular complexity index is 726. The molecule has 2 aliphatic rings. The zero-order valence-electron chi connectivity index (χ0n) is 14.0. The van der Waals surface area contributed by atoms with Crippen LogP contribution in [-0.2, 0) is 11.2 Å². The van der Waals surface area contributed by atoms with Crippen LogP contribution >= 0.6 is 0 Å². The van der Waals surface area contributed by atoms with Crippen molar-refractivity contribution in [1.29, 1.82) is 0 Å². The van der Waals surface area contributed by atoms with Crippen molar-refractivity contribution in [3.05, 3.63) is 41.0 Å². The van der Waals surface area contributed by atoms with Gasteiger partial charge in [-0.2, -0.15) is 0 Å². The largest absolute Gasteiger partial charge is 0.513 e. The highest BCUT2D eigenvalue weighted by atomic mass is 16.7. The van der Waals surface area contributed by atoms with E-state index in [2.05, 4.69) is 6.92 Å². The highest BCUT2D eigenvalue weighted by Gasteiger charge is 2.23. The molecule has 2 N–H and O–H groups in total. The standard InChI is InChI=1S/C18H21NO5/c1-4-6-13-11(3)16(24-18(21)23-5-2)15-10-8-12(17(20)19-22)7-9-14(13)15/h7-10,22H,4-6H2,1-3H3,(H,19,20). The summed E-state index contributed by atoms with van der Waals surface area (Å²) in [7, 11) is 0. The van der Waals surface area contributed by atoms with Gasteiger partial charge in [0.1, 0.15) is 5.75 Å².